The van der Waals surface area contributed by atoms with Gasteiger partial charge in [0.2, 0.25) is 0 Å². The Labute approximate surface area is 147 Å². The minimum atomic E-state index is 0.382. The first kappa shape index (κ1) is 16.9. The van der Waals surface area contributed by atoms with E-state index in [1.165, 1.54) is 10.3 Å². The van der Waals surface area contributed by atoms with Crippen molar-refractivity contribution in [2.24, 2.45) is 0 Å². The Balaban J connectivity index is 1.77. The normalized spacial score (nSPS) is 11.8. The number of thiazole rings is 1. The van der Waals surface area contributed by atoms with Gasteiger partial charge in [0.1, 0.15) is 10.8 Å². The van der Waals surface area contributed by atoms with E-state index < -0.39 is 0 Å². The van der Waals surface area contributed by atoms with Crippen LogP contribution >= 0.6 is 11.3 Å². The van der Waals surface area contributed by atoms with E-state index in [-0.39, 0.29) is 0 Å². The van der Waals surface area contributed by atoms with Crippen LogP contribution in [-0.4, -0.2) is 22.0 Å². The molecular weight excluding hydrogens is 316 g/mol. The molecule has 0 unspecified atom stereocenters. The van der Waals surface area contributed by atoms with Gasteiger partial charge in [0.25, 0.3) is 0 Å². The fourth-order valence-electron chi connectivity index (χ4n) is 3.07. The lowest BCUT2D eigenvalue weighted by atomic mass is 9.95. The molecule has 0 saturated heterocycles. The number of fused-ring (bicyclic) bond motifs is 1. The topological polar surface area (TPSA) is 36.4 Å². The molecule has 24 heavy (non-hydrogen) atoms. The van der Waals surface area contributed by atoms with Crippen LogP contribution in [0.25, 0.3) is 10.2 Å². The van der Waals surface area contributed by atoms with Crippen molar-refractivity contribution in [3.05, 3.63) is 58.1 Å². The molecule has 1 aromatic heterocycles. The molecule has 2 aromatic carbocycles. The predicted octanol–water partition coefficient (Wildman–Crippen LogP) is 5.07. The smallest absolute Gasteiger partial charge is 0.120 e. The number of para-hydroxylation sites is 1. The van der Waals surface area contributed by atoms with Gasteiger partial charge in [-0.3, -0.25) is 4.90 Å². The zero-order chi connectivity index (χ0) is 17.3. The number of rotatable bonds is 5. The molecule has 0 fully saturated rings. The van der Waals surface area contributed by atoms with Crippen molar-refractivity contribution in [1.82, 2.24) is 9.88 Å². The molecule has 4 heteroatoms. The Hall–Kier alpha value is -1.91. The van der Waals surface area contributed by atoms with Gasteiger partial charge in [0, 0.05) is 12.1 Å². The molecule has 0 aliphatic rings. The minimum Gasteiger partial charge on any atom is -0.508 e. The van der Waals surface area contributed by atoms with E-state index in [0.29, 0.717) is 18.2 Å². The highest BCUT2D eigenvalue weighted by atomic mass is 32.1. The SMILES string of the molecule is Cc1cc(O)c(CN(C)Cc2nc3ccccc3s2)cc1C(C)C. The maximum absolute atomic E-state index is 10.3. The summed E-state index contributed by atoms with van der Waals surface area (Å²) in [5.74, 6) is 0.840. The molecule has 0 aliphatic heterocycles. The van der Waals surface area contributed by atoms with E-state index in [9.17, 15) is 5.11 Å². The number of phenols is 1. The lowest BCUT2D eigenvalue weighted by molar-refractivity contribution is 0.312. The minimum absolute atomic E-state index is 0.382. The van der Waals surface area contributed by atoms with Crippen molar-refractivity contribution in [3.63, 3.8) is 0 Å². The number of nitrogens with zero attached hydrogens (tertiary/aromatic N) is 2. The number of aromatic nitrogens is 1. The Morgan fingerprint density at radius 3 is 2.62 bits per heavy atom. The zero-order valence-electron chi connectivity index (χ0n) is 14.7. The lowest BCUT2D eigenvalue weighted by Gasteiger charge is -2.19. The summed E-state index contributed by atoms with van der Waals surface area (Å²) in [6.07, 6.45) is 0. The summed E-state index contributed by atoms with van der Waals surface area (Å²) < 4.78 is 1.22. The van der Waals surface area contributed by atoms with Crippen LogP contribution in [0.5, 0.6) is 5.75 Å². The maximum Gasteiger partial charge on any atom is 0.120 e. The largest absolute Gasteiger partial charge is 0.508 e. The third-order valence-corrected chi connectivity index (χ3v) is 5.29. The summed E-state index contributed by atoms with van der Waals surface area (Å²) in [5, 5.41) is 11.4. The Bertz CT molecular complexity index is 821. The van der Waals surface area contributed by atoms with E-state index in [1.54, 1.807) is 11.3 Å². The van der Waals surface area contributed by atoms with Crippen LogP contribution in [-0.2, 0) is 13.1 Å². The van der Waals surface area contributed by atoms with Crippen molar-refractivity contribution in [1.29, 1.82) is 0 Å². The highest BCUT2D eigenvalue weighted by Crippen LogP contribution is 2.29. The number of benzene rings is 2. The molecule has 0 saturated carbocycles. The Morgan fingerprint density at radius 2 is 1.92 bits per heavy atom. The van der Waals surface area contributed by atoms with Gasteiger partial charge in [-0.1, -0.05) is 32.0 Å². The number of aromatic hydroxyl groups is 1. The highest BCUT2D eigenvalue weighted by molar-refractivity contribution is 7.18. The highest BCUT2D eigenvalue weighted by Gasteiger charge is 2.13. The van der Waals surface area contributed by atoms with Crippen molar-refractivity contribution in [2.45, 2.75) is 39.8 Å². The van der Waals surface area contributed by atoms with Crippen LogP contribution in [0.1, 0.15) is 41.5 Å². The number of aryl methyl sites for hydroxylation is 1. The van der Waals surface area contributed by atoms with Crippen LogP contribution < -0.4 is 0 Å². The predicted molar refractivity (Wildman–Crippen MR) is 102 cm³/mol. The van der Waals surface area contributed by atoms with Gasteiger partial charge in [-0.2, -0.15) is 0 Å². The average molecular weight is 340 g/mol. The maximum atomic E-state index is 10.3. The van der Waals surface area contributed by atoms with Crippen LogP contribution in [0.15, 0.2) is 36.4 Å². The van der Waals surface area contributed by atoms with Crippen molar-refractivity contribution in [3.8, 4) is 5.75 Å². The first-order valence-corrected chi connectivity index (χ1v) is 9.11. The van der Waals surface area contributed by atoms with Crippen molar-refractivity contribution in [2.75, 3.05) is 7.05 Å². The van der Waals surface area contributed by atoms with Gasteiger partial charge < -0.3 is 5.11 Å². The van der Waals surface area contributed by atoms with Crippen LogP contribution in [0.4, 0.5) is 0 Å². The summed E-state index contributed by atoms with van der Waals surface area (Å²) >= 11 is 1.74. The first-order valence-electron chi connectivity index (χ1n) is 8.29. The second kappa shape index (κ2) is 6.91. The molecule has 1 heterocycles. The summed E-state index contributed by atoms with van der Waals surface area (Å²) in [4.78, 5) is 6.89. The standard InChI is InChI=1S/C20H24N2OS/c1-13(2)16-10-15(18(23)9-14(16)3)11-22(4)12-20-21-17-7-5-6-8-19(17)24-20/h5-10,13,23H,11-12H2,1-4H3. The average Bonchev–Trinajstić information content (AvgIpc) is 2.91. The molecule has 1 N–H and O–H groups in total. The monoisotopic (exact) mass is 340 g/mol. The van der Waals surface area contributed by atoms with Gasteiger partial charge in [-0.25, -0.2) is 4.98 Å². The molecule has 0 spiro atoms. The Kier molecular flexibility index (Phi) is 4.88. The van der Waals surface area contributed by atoms with Gasteiger partial charge >= 0.3 is 0 Å². The summed E-state index contributed by atoms with van der Waals surface area (Å²) in [6.45, 7) is 7.93. The second-order valence-electron chi connectivity index (χ2n) is 6.74. The molecule has 0 radical (unpaired) electrons. The zero-order valence-corrected chi connectivity index (χ0v) is 15.5. The van der Waals surface area contributed by atoms with Gasteiger partial charge in [-0.15, -0.1) is 11.3 Å². The van der Waals surface area contributed by atoms with Crippen LogP contribution in [0.3, 0.4) is 0 Å². The number of hydrogen-bond acceptors (Lipinski definition) is 4. The Morgan fingerprint density at radius 1 is 1.17 bits per heavy atom. The molecular formula is C20H24N2OS. The third kappa shape index (κ3) is 3.60. The van der Waals surface area contributed by atoms with E-state index in [1.807, 2.05) is 18.2 Å². The molecule has 3 rings (SSSR count). The van der Waals surface area contributed by atoms with Crippen LogP contribution in [0.2, 0.25) is 0 Å². The molecule has 3 aromatic rings. The van der Waals surface area contributed by atoms with E-state index >= 15 is 0 Å². The van der Waals surface area contributed by atoms with Gasteiger partial charge in [0.05, 0.1) is 16.8 Å². The molecule has 0 amide bonds. The number of hydrogen-bond donors (Lipinski definition) is 1. The van der Waals surface area contributed by atoms with Crippen LogP contribution in [0, 0.1) is 6.92 Å². The molecule has 0 aliphatic carbocycles. The van der Waals surface area contributed by atoms with E-state index in [4.69, 9.17) is 4.98 Å². The van der Waals surface area contributed by atoms with E-state index in [2.05, 4.69) is 50.9 Å². The quantitative estimate of drug-likeness (QED) is 0.705. The fraction of sp³-hybridized carbons (Fsp3) is 0.350. The van der Waals surface area contributed by atoms with E-state index in [0.717, 1.165) is 28.2 Å². The summed E-state index contributed by atoms with van der Waals surface area (Å²) in [5.41, 5.74) is 4.50. The lowest BCUT2D eigenvalue weighted by Crippen LogP contribution is -2.17. The molecule has 126 valence electrons. The second-order valence-corrected chi connectivity index (χ2v) is 7.86. The molecule has 0 atom stereocenters. The fourth-order valence-corrected chi connectivity index (χ4v) is 4.12. The van der Waals surface area contributed by atoms with Gasteiger partial charge in [-0.05, 0) is 49.2 Å². The molecule has 3 nitrogen and oxygen atoms in total. The molecule has 0 bridgehead atoms. The summed E-state index contributed by atoms with van der Waals surface area (Å²) in [7, 11) is 2.07. The summed E-state index contributed by atoms with van der Waals surface area (Å²) in [6, 6.07) is 12.3. The van der Waals surface area contributed by atoms with Crippen molar-refractivity contribution < 1.29 is 5.11 Å². The van der Waals surface area contributed by atoms with Crippen molar-refractivity contribution >= 4 is 21.6 Å². The number of phenolic OH excluding ortho intramolecular Hbond substituents is 1. The first-order chi connectivity index (χ1) is 11.4. The third-order valence-electron chi connectivity index (χ3n) is 4.27. The van der Waals surface area contributed by atoms with Gasteiger partial charge in [0.15, 0.2) is 0 Å².